The highest BCUT2D eigenvalue weighted by Gasteiger charge is 2.31. The van der Waals surface area contributed by atoms with E-state index in [1.54, 1.807) is 6.20 Å². The zero-order valence-electron chi connectivity index (χ0n) is 10.3. The lowest BCUT2D eigenvalue weighted by Gasteiger charge is -2.16. The molecule has 0 spiro atoms. The number of aromatic nitrogens is 2. The molecule has 2 N–H and O–H groups in total. The summed E-state index contributed by atoms with van der Waals surface area (Å²) in [5.74, 6) is 0.783. The first-order valence-corrected chi connectivity index (χ1v) is 7.73. The maximum atomic E-state index is 11.5. The highest BCUT2D eigenvalue weighted by molar-refractivity contribution is 7.91. The minimum Gasteiger partial charge on any atom is -0.326 e. The van der Waals surface area contributed by atoms with Gasteiger partial charge in [-0.25, -0.2) is 8.42 Å². The number of nitrogens with zero attached hydrogens (tertiary/aromatic N) is 2. The molecule has 0 radical (unpaired) electrons. The molecule has 1 aliphatic rings. The van der Waals surface area contributed by atoms with E-state index < -0.39 is 9.84 Å². The third kappa shape index (κ3) is 2.37. The predicted octanol–water partition coefficient (Wildman–Crippen LogP) is 0.825. The lowest BCUT2D eigenvalue weighted by molar-refractivity contribution is 0.470. The molecule has 0 aromatic carbocycles. The average Bonchev–Trinajstić information content (AvgIpc) is 2.80. The van der Waals surface area contributed by atoms with Crippen LogP contribution in [0, 0.1) is 0 Å². The fourth-order valence-electron chi connectivity index (χ4n) is 2.46. The van der Waals surface area contributed by atoms with E-state index in [4.69, 9.17) is 5.73 Å². The van der Waals surface area contributed by atoms with E-state index in [2.05, 4.69) is 18.9 Å². The van der Waals surface area contributed by atoms with Crippen LogP contribution < -0.4 is 5.73 Å². The van der Waals surface area contributed by atoms with Crippen LogP contribution in [0.1, 0.15) is 43.5 Å². The minimum absolute atomic E-state index is 0.0160. The summed E-state index contributed by atoms with van der Waals surface area (Å²) in [6.07, 6.45) is 2.42. The number of sulfone groups is 1. The molecule has 0 bridgehead atoms. The maximum absolute atomic E-state index is 11.5. The molecule has 0 amide bonds. The van der Waals surface area contributed by atoms with Crippen LogP contribution in [-0.4, -0.2) is 29.7 Å². The molecule has 6 heteroatoms. The van der Waals surface area contributed by atoms with Crippen molar-refractivity contribution in [3.63, 3.8) is 0 Å². The van der Waals surface area contributed by atoms with Crippen molar-refractivity contribution >= 4 is 9.84 Å². The fraction of sp³-hybridized carbons (Fsp3) is 0.727. The number of hydrogen-bond acceptors (Lipinski definition) is 4. The van der Waals surface area contributed by atoms with Crippen molar-refractivity contribution in [3.8, 4) is 0 Å². The van der Waals surface area contributed by atoms with Gasteiger partial charge in [-0.1, -0.05) is 13.8 Å². The third-order valence-electron chi connectivity index (χ3n) is 3.23. The Kier molecular flexibility index (Phi) is 3.27. The van der Waals surface area contributed by atoms with Crippen molar-refractivity contribution in [2.75, 3.05) is 11.5 Å². The van der Waals surface area contributed by atoms with Crippen LogP contribution in [0.3, 0.4) is 0 Å². The van der Waals surface area contributed by atoms with E-state index >= 15 is 0 Å². The molecule has 96 valence electrons. The highest BCUT2D eigenvalue weighted by Crippen LogP contribution is 2.28. The van der Waals surface area contributed by atoms with Gasteiger partial charge in [-0.2, -0.15) is 5.10 Å². The summed E-state index contributed by atoms with van der Waals surface area (Å²) in [7, 11) is -2.88. The lowest BCUT2D eigenvalue weighted by Crippen LogP contribution is -2.17. The molecule has 2 heterocycles. The van der Waals surface area contributed by atoms with E-state index in [0.29, 0.717) is 18.9 Å². The molecule has 1 aliphatic heterocycles. The number of hydrogen-bond donors (Lipinski definition) is 1. The Morgan fingerprint density at radius 1 is 1.59 bits per heavy atom. The van der Waals surface area contributed by atoms with Gasteiger partial charge in [0.2, 0.25) is 0 Å². The molecule has 1 aromatic rings. The summed E-state index contributed by atoms with van der Waals surface area (Å²) in [5, 5.41) is 4.33. The van der Waals surface area contributed by atoms with Crippen LogP contribution in [0.15, 0.2) is 6.20 Å². The van der Waals surface area contributed by atoms with E-state index in [-0.39, 0.29) is 17.5 Å². The second-order valence-electron chi connectivity index (χ2n) is 4.92. The average molecular weight is 257 g/mol. The van der Waals surface area contributed by atoms with Crippen LogP contribution in [0.5, 0.6) is 0 Å². The molecule has 0 aliphatic carbocycles. The standard InChI is InChI=1S/C11H19N3O2S/c1-8(2)11-9(5-12)6-13-14(11)10-3-4-17(15,16)7-10/h6,8,10H,3-5,7,12H2,1-2H3. The Morgan fingerprint density at radius 3 is 2.76 bits per heavy atom. The van der Waals surface area contributed by atoms with Gasteiger partial charge in [0, 0.05) is 17.8 Å². The Labute approximate surface area is 102 Å². The molecule has 17 heavy (non-hydrogen) atoms. The van der Waals surface area contributed by atoms with Gasteiger partial charge < -0.3 is 5.73 Å². The van der Waals surface area contributed by atoms with Gasteiger partial charge in [-0.15, -0.1) is 0 Å². The van der Waals surface area contributed by atoms with E-state index in [1.807, 2.05) is 4.68 Å². The zero-order chi connectivity index (χ0) is 12.6. The van der Waals surface area contributed by atoms with E-state index in [9.17, 15) is 8.42 Å². The summed E-state index contributed by atoms with van der Waals surface area (Å²) < 4.78 is 24.9. The lowest BCUT2D eigenvalue weighted by atomic mass is 10.1. The van der Waals surface area contributed by atoms with Crippen molar-refractivity contribution in [3.05, 3.63) is 17.5 Å². The number of nitrogens with two attached hydrogens (primary N) is 1. The molecule has 1 saturated heterocycles. The Hall–Kier alpha value is -0.880. The van der Waals surface area contributed by atoms with Crippen LogP contribution in [0.25, 0.3) is 0 Å². The van der Waals surface area contributed by atoms with Gasteiger partial charge in [0.05, 0.1) is 23.7 Å². The van der Waals surface area contributed by atoms with Crippen LogP contribution in [0.2, 0.25) is 0 Å². The van der Waals surface area contributed by atoms with Crippen molar-refractivity contribution in [1.29, 1.82) is 0 Å². The first-order valence-electron chi connectivity index (χ1n) is 5.91. The summed E-state index contributed by atoms with van der Waals surface area (Å²) in [5.41, 5.74) is 7.78. The first-order chi connectivity index (χ1) is 7.94. The van der Waals surface area contributed by atoms with Gasteiger partial charge in [0.25, 0.3) is 0 Å². The summed E-state index contributed by atoms with van der Waals surface area (Å²) in [6, 6.07) is -0.0160. The maximum Gasteiger partial charge on any atom is 0.152 e. The molecular formula is C11H19N3O2S. The van der Waals surface area contributed by atoms with Gasteiger partial charge in [0.1, 0.15) is 0 Å². The Balaban J connectivity index is 2.36. The SMILES string of the molecule is CC(C)c1c(CN)cnn1C1CCS(=O)(=O)C1. The fourth-order valence-corrected chi connectivity index (χ4v) is 4.15. The van der Waals surface area contributed by atoms with Gasteiger partial charge in [-0.05, 0) is 12.3 Å². The predicted molar refractivity (Wildman–Crippen MR) is 66.5 cm³/mol. The van der Waals surface area contributed by atoms with Gasteiger partial charge in [0.15, 0.2) is 9.84 Å². The molecule has 5 nitrogen and oxygen atoms in total. The molecule has 1 fully saturated rings. The molecule has 2 rings (SSSR count). The van der Waals surface area contributed by atoms with Crippen LogP contribution in [0.4, 0.5) is 0 Å². The molecule has 1 unspecified atom stereocenters. The number of rotatable bonds is 3. The summed E-state index contributed by atoms with van der Waals surface area (Å²) >= 11 is 0. The monoisotopic (exact) mass is 257 g/mol. The summed E-state index contributed by atoms with van der Waals surface area (Å²) in [4.78, 5) is 0. The smallest absolute Gasteiger partial charge is 0.152 e. The topological polar surface area (TPSA) is 78.0 Å². The van der Waals surface area contributed by atoms with E-state index in [0.717, 1.165) is 11.3 Å². The van der Waals surface area contributed by atoms with Crippen molar-refractivity contribution in [2.24, 2.45) is 5.73 Å². The minimum atomic E-state index is -2.88. The van der Waals surface area contributed by atoms with Crippen molar-refractivity contribution < 1.29 is 8.42 Å². The quantitative estimate of drug-likeness (QED) is 0.869. The van der Waals surface area contributed by atoms with E-state index in [1.165, 1.54) is 0 Å². The molecule has 0 saturated carbocycles. The normalized spacial score (nSPS) is 23.4. The molecular weight excluding hydrogens is 238 g/mol. The second kappa shape index (κ2) is 4.42. The van der Waals surface area contributed by atoms with Crippen molar-refractivity contribution in [2.45, 2.75) is 38.8 Å². The largest absolute Gasteiger partial charge is 0.326 e. The summed E-state index contributed by atoms with van der Waals surface area (Å²) in [6.45, 7) is 4.61. The van der Waals surface area contributed by atoms with Gasteiger partial charge in [-0.3, -0.25) is 4.68 Å². The Morgan fingerprint density at radius 2 is 2.29 bits per heavy atom. The molecule has 1 atom stereocenters. The highest BCUT2D eigenvalue weighted by atomic mass is 32.2. The van der Waals surface area contributed by atoms with Crippen LogP contribution >= 0.6 is 0 Å². The van der Waals surface area contributed by atoms with Crippen LogP contribution in [-0.2, 0) is 16.4 Å². The van der Waals surface area contributed by atoms with Crippen molar-refractivity contribution in [1.82, 2.24) is 9.78 Å². The van der Waals surface area contributed by atoms with Gasteiger partial charge >= 0.3 is 0 Å². The third-order valence-corrected chi connectivity index (χ3v) is 4.99. The molecule has 1 aromatic heterocycles. The second-order valence-corrected chi connectivity index (χ2v) is 7.14. The zero-order valence-corrected chi connectivity index (χ0v) is 11.1. The first kappa shape index (κ1) is 12.6. The Bertz CT molecular complexity index is 505.